The lowest BCUT2D eigenvalue weighted by molar-refractivity contribution is 0.414. The van der Waals surface area contributed by atoms with Crippen molar-refractivity contribution in [3.05, 3.63) is 77.0 Å². The average Bonchev–Trinajstić information content (AvgIpc) is 2.58. The van der Waals surface area contributed by atoms with Crippen molar-refractivity contribution in [2.24, 2.45) is 0 Å². The van der Waals surface area contributed by atoms with Crippen molar-refractivity contribution in [1.82, 2.24) is 0 Å². The largest absolute Gasteiger partial charge is 0.497 e. The second-order valence-electron chi connectivity index (χ2n) is 5.27. The number of halogens is 1. The minimum atomic E-state index is 0.555. The van der Waals surface area contributed by atoms with E-state index in [-0.39, 0.29) is 0 Å². The van der Waals surface area contributed by atoms with Gasteiger partial charge in [-0.15, -0.1) is 0 Å². The molecule has 114 valence electrons. The Bertz CT molecular complexity index is 831. The van der Waals surface area contributed by atoms with Crippen molar-refractivity contribution in [2.45, 2.75) is 6.54 Å². The van der Waals surface area contributed by atoms with Crippen molar-refractivity contribution in [1.29, 1.82) is 5.26 Å². The van der Waals surface area contributed by atoms with E-state index in [9.17, 15) is 5.26 Å². The molecule has 0 saturated carbocycles. The van der Waals surface area contributed by atoms with Gasteiger partial charge in [-0.25, -0.2) is 0 Å². The fraction of sp³-hybridized carbons (Fsp3) is 0.105. The number of rotatable bonds is 3. The second-order valence-corrected chi connectivity index (χ2v) is 5.71. The highest BCUT2D eigenvalue weighted by atomic mass is 35.5. The molecule has 2 aromatic carbocycles. The normalized spacial score (nSPS) is 13.2. The van der Waals surface area contributed by atoms with Crippen molar-refractivity contribution in [3.63, 3.8) is 0 Å². The fourth-order valence-electron chi connectivity index (χ4n) is 2.60. The van der Waals surface area contributed by atoms with E-state index in [2.05, 4.69) is 12.6 Å². The van der Waals surface area contributed by atoms with Crippen LogP contribution in [-0.2, 0) is 6.54 Å². The lowest BCUT2D eigenvalue weighted by atomic mass is 9.94. The Morgan fingerprint density at radius 1 is 1.22 bits per heavy atom. The van der Waals surface area contributed by atoms with E-state index in [1.165, 1.54) is 0 Å². The molecule has 4 heteroatoms. The highest BCUT2D eigenvalue weighted by molar-refractivity contribution is 6.30. The number of benzene rings is 2. The van der Waals surface area contributed by atoms with Crippen LogP contribution in [0, 0.1) is 11.3 Å². The lowest BCUT2D eigenvalue weighted by Crippen LogP contribution is -2.21. The summed E-state index contributed by atoms with van der Waals surface area (Å²) in [5.41, 5.74) is 4.30. The van der Waals surface area contributed by atoms with E-state index in [0.717, 1.165) is 22.6 Å². The van der Waals surface area contributed by atoms with Crippen molar-refractivity contribution in [3.8, 4) is 11.8 Å². The Morgan fingerprint density at radius 3 is 2.61 bits per heavy atom. The van der Waals surface area contributed by atoms with Crippen LogP contribution in [0.15, 0.2) is 60.8 Å². The third-order valence-corrected chi connectivity index (χ3v) is 4.09. The summed E-state index contributed by atoms with van der Waals surface area (Å²) in [6.45, 7) is 4.69. The molecule has 0 amide bonds. The molecule has 0 atom stereocenters. The first kappa shape index (κ1) is 15.2. The zero-order chi connectivity index (χ0) is 16.4. The highest BCUT2D eigenvalue weighted by Crippen LogP contribution is 2.38. The molecule has 0 bridgehead atoms. The SMILES string of the molecule is C=C1C(C#N)=CN(Cc2ccc(Cl)cc2)c2ccc(OC)cc21. The van der Waals surface area contributed by atoms with Gasteiger partial charge in [0, 0.05) is 29.0 Å². The van der Waals surface area contributed by atoms with Gasteiger partial charge in [-0.1, -0.05) is 30.3 Å². The van der Waals surface area contributed by atoms with Crippen LogP contribution < -0.4 is 9.64 Å². The first-order chi connectivity index (χ1) is 11.1. The van der Waals surface area contributed by atoms with Crippen LogP contribution in [0.5, 0.6) is 5.75 Å². The van der Waals surface area contributed by atoms with Crippen LogP contribution in [0.3, 0.4) is 0 Å². The average molecular weight is 323 g/mol. The summed E-state index contributed by atoms with van der Waals surface area (Å²) in [7, 11) is 1.62. The number of hydrogen-bond acceptors (Lipinski definition) is 3. The van der Waals surface area contributed by atoms with Crippen LogP contribution >= 0.6 is 11.6 Å². The van der Waals surface area contributed by atoms with Gasteiger partial charge in [-0.2, -0.15) is 5.26 Å². The van der Waals surface area contributed by atoms with Crippen molar-refractivity contribution < 1.29 is 4.74 Å². The quantitative estimate of drug-likeness (QED) is 0.815. The topological polar surface area (TPSA) is 36.3 Å². The van der Waals surface area contributed by atoms with Crippen LogP contribution in [0.2, 0.25) is 5.02 Å². The van der Waals surface area contributed by atoms with Gasteiger partial charge in [0.1, 0.15) is 11.8 Å². The number of allylic oxidation sites excluding steroid dienone is 2. The minimum absolute atomic E-state index is 0.555. The molecule has 1 heterocycles. The van der Waals surface area contributed by atoms with Gasteiger partial charge in [0.15, 0.2) is 0 Å². The molecular formula is C19H15ClN2O. The molecule has 3 nitrogen and oxygen atoms in total. The molecule has 1 aliphatic rings. The molecule has 0 radical (unpaired) electrons. The number of anilines is 1. The predicted molar refractivity (Wildman–Crippen MR) is 93.4 cm³/mol. The predicted octanol–water partition coefficient (Wildman–Crippen LogP) is 4.79. The van der Waals surface area contributed by atoms with Gasteiger partial charge in [0.25, 0.3) is 0 Å². The first-order valence-electron chi connectivity index (χ1n) is 7.13. The summed E-state index contributed by atoms with van der Waals surface area (Å²) >= 11 is 5.94. The molecule has 0 N–H and O–H groups in total. The smallest absolute Gasteiger partial charge is 0.119 e. The molecule has 1 aliphatic heterocycles. The minimum Gasteiger partial charge on any atom is -0.497 e. The zero-order valence-corrected chi connectivity index (χ0v) is 13.5. The van der Waals surface area contributed by atoms with Crippen LogP contribution in [0.4, 0.5) is 5.69 Å². The van der Waals surface area contributed by atoms with E-state index in [1.54, 1.807) is 7.11 Å². The van der Waals surface area contributed by atoms with E-state index >= 15 is 0 Å². The zero-order valence-electron chi connectivity index (χ0n) is 12.7. The maximum absolute atomic E-state index is 9.38. The Hall–Kier alpha value is -2.70. The van der Waals surface area contributed by atoms with Gasteiger partial charge in [0.05, 0.1) is 12.7 Å². The maximum atomic E-state index is 9.38. The monoisotopic (exact) mass is 322 g/mol. The second kappa shape index (κ2) is 6.20. The number of nitrogens with zero attached hydrogens (tertiary/aromatic N) is 2. The molecule has 3 rings (SSSR count). The van der Waals surface area contributed by atoms with Gasteiger partial charge in [-0.3, -0.25) is 0 Å². The molecular weight excluding hydrogens is 308 g/mol. The lowest BCUT2D eigenvalue weighted by Gasteiger charge is -2.29. The molecule has 0 saturated heterocycles. The highest BCUT2D eigenvalue weighted by Gasteiger charge is 2.21. The Labute approximate surface area is 140 Å². The summed E-state index contributed by atoms with van der Waals surface area (Å²) < 4.78 is 5.29. The standard InChI is InChI=1S/C19H15ClN2O/c1-13-15(10-21)12-22(11-14-3-5-16(20)6-4-14)19-8-7-17(23-2)9-18(13)19/h3-9,12H,1,11H2,2H3. The first-order valence-corrected chi connectivity index (χ1v) is 7.51. The molecule has 0 unspecified atom stereocenters. The molecule has 0 fully saturated rings. The van der Waals surface area contributed by atoms with Crippen LogP contribution in [-0.4, -0.2) is 7.11 Å². The van der Waals surface area contributed by atoms with Gasteiger partial charge in [-0.05, 0) is 41.5 Å². The van der Waals surface area contributed by atoms with Gasteiger partial charge in [0.2, 0.25) is 0 Å². The van der Waals surface area contributed by atoms with Gasteiger partial charge < -0.3 is 9.64 Å². The third kappa shape index (κ3) is 2.94. The third-order valence-electron chi connectivity index (χ3n) is 3.83. The van der Waals surface area contributed by atoms with E-state index in [4.69, 9.17) is 16.3 Å². The Morgan fingerprint density at radius 2 is 1.96 bits per heavy atom. The Balaban J connectivity index is 2.02. The van der Waals surface area contributed by atoms with Crippen LogP contribution in [0.25, 0.3) is 5.57 Å². The number of nitriles is 1. The number of ether oxygens (including phenoxy) is 1. The summed E-state index contributed by atoms with van der Waals surface area (Å²) in [5.74, 6) is 0.746. The summed E-state index contributed by atoms with van der Waals surface area (Å²) in [4.78, 5) is 2.05. The number of fused-ring (bicyclic) bond motifs is 1. The summed E-state index contributed by atoms with van der Waals surface area (Å²) in [5, 5.41) is 10.1. The summed E-state index contributed by atoms with van der Waals surface area (Å²) in [6.07, 6.45) is 1.84. The molecule has 0 aliphatic carbocycles. The maximum Gasteiger partial charge on any atom is 0.119 e. The van der Waals surface area contributed by atoms with E-state index < -0.39 is 0 Å². The Kier molecular flexibility index (Phi) is 4.10. The van der Waals surface area contributed by atoms with Gasteiger partial charge >= 0.3 is 0 Å². The number of hydrogen-bond donors (Lipinski definition) is 0. The molecule has 2 aromatic rings. The van der Waals surface area contributed by atoms with Crippen molar-refractivity contribution in [2.75, 3.05) is 12.0 Å². The molecule has 23 heavy (non-hydrogen) atoms. The number of methoxy groups -OCH3 is 1. The van der Waals surface area contributed by atoms with Crippen LogP contribution in [0.1, 0.15) is 11.1 Å². The fourth-order valence-corrected chi connectivity index (χ4v) is 2.72. The van der Waals surface area contributed by atoms with Crippen molar-refractivity contribution >= 4 is 22.9 Å². The summed E-state index contributed by atoms with van der Waals surface area (Å²) in [6, 6.07) is 15.7. The molecule has 0 aromatic heterocycles. The van der Waals surface area contributed by atoms with E-state index in [1.807, 2.05) is 53.6 Å². The van der Waals surface area contributed by atoms with E-state index in [0.29, 0.717) is 22.7 Å². The molecule has 0 spiro atoms.